The number of phenols is 3. The summed E-state index contributed by atoms with van der Waals surface area (Å²) in [5.41, 5.74) is -0.764. The number of rotatable bonds is 5. The first-order valence-electron chi connectivity index (χ1n) is 11.1. The van der Waals surface area contributed by atoms with Gasteiger partial charge in [-0.3, -0.25) is 14.4 Å². The van der Waals surface area contributed by atoms with Crippen molar-refractivity contribution in [2.24, 2.45) is 0 Å². The molecule has 4 rings (SSSR count). The molecule has 1 aliphatic rings. The third-order valence-electron chi connectivity index (χ3n) is 5.64. The van der Waals surface area contributed by atoms with Gasteiger partial charge in [0.2, 0.25) is 17.5 Å². The molecule has 0 aliphatic carbocycles. The van der Waals surface area contributed by atoms with E-state index in [-0.39, 0.29) is 33.8 Å². The molecular formula is C25H24O12. The van der Waals surface area contributed by atoms with Crippen LogP contribution in [0.15, 0.2) is 45.6 Å². The van der Waals surface area contributed by atoms with Gasteiger partial charge < -0.3 is 43.8 Å². The van der Waals surface area contributed by atoms with Crippen LogP contribution in [0.4, 0.5) is 0 Å². The predicted octanol–water partition coefficient (Wildman–Crippen LogP) is 1.92. The molecule has 1 aliphatic heterocycles. The van der Waals surface area contributed by atoms with Gasteiger partial charge in [0, 0.05) is 31.5 Å². The first kappa shape index (κ1) is 25.8. The summed E-state index contributed by atoms with van der Waals surface area (Å²) in [5, 5.41) is 40.4. The van der Waals surface area contributed by atoms with Gasteiger partial charge in [0.05, 0.1) is 6.10 Å². The van der Waals surface area contributed by atoms with Gasteiger partial charge in [-0.1, -0.05) is 0 Å². The molecule has 0 radical (unpaired) electrons. The van der Waals surface area contributed by atoms with Crippen LogP contribution in [0.1, 0.15) is 20.8 Å². The molecule has 4 N–H and O–H groups in total. The van der Waals surface area contributed by atoms with E-state index in [9.17, 15) is 34.8 Å². The minimum atomic E-state index is -1.59. The van der Waals surface area contributed by atoms with Crippen LogP contribution < -0.4 is 10.2 Å². The Morgan fingerprint density at radius 1 is 0.919 bits per heavy atom. The molecule has 0 spiro atoms. The maximum Gasteiger partial charge on any atom is 0.303 e. The predicted molar refractivity (Wildman–Crippen MR) is 125 cm³/mol. The van der Waals surface area contributed by atoms with Gasteiger partial charge >= 0.3 is 11.9 Å². The summed E-state index contributed by atoms with van der Waals surface area (Å²) in [6, 6.07) is 7.58. The summed E-state index contributed by atoms with van der Waals surface area (Å²) in [7, 11) is 0. The Morgan fingerprint density at radius 3 is 2.16 bits per heavy atom. The lowest BCUT2D eigenvalue weighted by atomic mass is 9.99. The molecule has 0 saturated carbocycles. The summed E-state index contributed by atoms with van der Waals surface area (Å²) in [6.07, 6.45) is -6.86. The van der Waals surface area contributed by atoms with Crippen LogP contribution in [-0.2, 0) is 23.8 Å². The number of benzene rings is 2. The largest absolute Gasteiger partial charge is 0.508 e. The second-order valence-corrected chi connectivity index (χ2v) is 8.44. The smallest absolute Gasteiger partial charge is 0.303 e. The zero-order chi connectivity index (χ0) is 27.0. The maximum atomic E-state index is 13.5. The zero-order valence-corrected chi connectivity index (χ0v) is 19.9. The summed E-state index contributed by atoms with van der Waals surface area (Å²) in [4.78, 5) is 36.8. The fraction of sp³-hybridized carbons (Fsp3) is 0.320. The number of hydrogen-bond donors (Lipinski definition) is 4. The first-order chi connectivity index (χ1) is 17.5. The van der Waals surface area contributed by atoms with Crippen LogP contribution in [0.5, 0.6) is 23.0 Å². The Kier molecular flexibility index (Phi) is 6.96. The Balaban J connectivity index is 1.86. The van der Waals surface area contributed by atoms with Gasteiger partial charge in [0.15, 0.2) is 18.0 Å². The third kappa shape index (κ3) is 5.15. The Hall–Kier alpha value is -4.29. The van der Waals surface area contributed by atoms with E-state index >= 15 is 0 Å². The van der Waals surface area contributed by atoms with Crippen LogP contribution in [0, 0.1) is 0 Å². The molecular weight excluding hydrogens is 492 g/mol. The molecule has 3 aromatic rings. The van der Waals surface area contributed by atoms with E-state index < -0.39 is 59.6 Å². The molecule has 1 fully saturated rings. The molecule has 0 unspecified atom stereocenters. The van der Waals surface area contributed by atoms with Crippen molar-refractivity contribution in [2.75, 3.05) is 0 Å². The van der Waals surface area contributed by atoms with Crippen molar-refractivity contribution in [1.82, 2.24) is 0 Å². The zero-order valence-electron chi connectivity index (χ0n) is 19.9. The van der Waals surface area contributed by atoms with E-state index in [2.05, 4.69) is 0 Å². The number of hydrogen-bond acceptors (Lipinski definition) is 12. The van der Waals surface area contributed by atoms with Gasteiger partial charge in [0.1, 0.15) is 34.3 Å². The van der Waals surface area contributed by atoms with Gasteiger partial charge in [-0.25, -0.2) is 0 Å². The highest BCUT2D eigenvalue weighted by molar-refractivity contribution is 5.88. The van der Waals surface area contributed by atoms with Crippen molar-refractivity contribution < 1.29 is 53.4 Å². The number of esters is 2. The Labute approximate surface area is 209 Å². The number of fused-ring (bicyclic) bond motifs is 1. The van der Waals surface area contributed by atoms with Crippen molar-refractivity contribution in [3.05, 3.63) is 46.6 Å². The highest BCUT2D eigenvalue weighted by Gasteiger charge is 2.49. The summed E-state index contributed by atoms with van der Waals surface area (Å²) in [6.45, 7) is 3.70. The van der Waals surface area contributed by atoms with Gasteiger partial charge in [0.25, 0.3) is 0 Å². The SMILES string of the molecule is CC(=O)O[C@@H]1[C@@H](Oc2c(-c3ccc(O)cc3)oc3cc(O)cc(O)c3c2=O)O[C@H](C)[C@@H](OC(C)=O)[C@@H]1O. The van der Waals surface area contributed by atoms with Crippen LogP contribution >= 0.6 is 0 Å². The van der Waals surface area contributed by atoms with Crippen molar-refractivity contribution in [3.63, 3.8) is 0 Å². The molecule has 1 aromatic heterocycles. The molecule has 0 bridgehead atoms. The van der Waals surface area contributed by atoms with E-state index in [1.807, 2.05) is 0 Å². The maximum absolute atomic E-state index is 13.5. The molecule has 37 heavy (non-hydrogen) atoms. The lowest BCUT2D eigenvalue weighted by Crippen LogP contribution is -2.60. The van der Waals surface area contributed by atoms with Crippen LogP contribution in [-0.4, -0.2) is 63.1 Å². The van der Waals surface area contributed by atoms with E-state index in [0.717, 1.165) is 26.0 Å². The van der Waals surface area contributed by atoms with Crippen molar-refractivity contribution in [1.29, 1.82) is 0 Å². The topological polar surface area (TPSA) is 182 Å². The minimum Gasteiger partial charge on any atom is -0.508 e. The fourth-order valence-electron chi connectivity index (χ4n) is 4.06. The van der Waals surface area contributed by atoms with E-state index in [1.54, 1.807) is 0 Å². The number of carbonyl (C=O) groups is 2. The Morgan fingerprint density at radius 2 is 1.54 bits per heavy atom. The van der Waals surface area contributed by atoms with Gasteiger partial charge in [-0.05, 0) is 31.2 Å². The van der Waals surface area contributed by atoms with Gasteiger partial charge in [-0.2, -0.15) is 0 Å². The molecule has 12 heteroatoms. The van der Waals surface area contributed by atoms with E-state index in [4.69, 9.17) is 23.4 Å². The number of carbonyl (C=O) groups excluding carboxylic acids is 2. The molecule has 196 valence electrons. The molecule has 1 saturated heterocycles. The monoisotopic (exact) mass is 516 g/mol. The third-order valence-corrected chi connectivity index (χ3v) is 5.64. The average Bonchev–Trinajstić information content (AvgIpc) is 2.80. The van der Waals surface area contributed by atoms with Crippen molar-refractivity contribution in [2.45, 2.75) is 51.5 Å². The van der Waals surface area contributed by atoms with E-state index in [1.165, 1.54) is 31.2 Å². The second kappa shape index (κ2) is 9.99. The standard InChI is InChI=1S/C25H24O12/c1-10-21(34-11(2)26)20(32)24(35-12(3)27)25(33-10)37-23-19(31)18-16(30)8-15(29)9-17(18)36-22(23)13-4-6-14(28)7-5-13/h4-10,20-21,24-25,28-30,32H,1-3H3/t10-,20+,21-,24+,25-/m1/s1. The van der Waals surface area contributed by atoms with Gasteiger partial charge in [-0.15, -0.1) is 0 Å². The number of aliphatic hydroxyl groups excluding tert-OH is 1. The minimum absolute atomic E-state index is 0.0661. The van der Waals surface area contributed by atoms with Crippen molar-refractivity contribution in [3.8, 4) is 34.3 Å². The first-order valence-corrected chi connectivity index (χ1v) is 11.1. The number of aliphatic hydroxyl groups is 1. The molecule has 2 aromatic carbocycles. The lowest BCUT2D eigenvalue weighted by molar-refractivity contribution is -0.277. The number of ether oxygens (including phenoxy) is 4. The molecule has 2 heterocycles. The molecule has 12 nitrogen and oxygen atoms in total. The molecule has 0 amide bonds. The number of phenolic OH excluding ortho intramolecular Hbond substituents is 3. The second-order valence-electron chi connectivity index (χ2n) is 8.44. The normalized spacial score (nSPS) is 23.4. The summed E-state index contributed by atoms with van der Waals surface area (Å²) >= 11 is 0. The summed E-state index contributed by atoms with van der Waals surface area (Å²) in [5.74, 6) is -3.18. The highest BCUT2D eigenvalue weighted by Crippen LogP contribution is 2.38. The van der Waals surface area contributed by atoms with Crippen LogP contribution in [0.25, 0.3) is 22.3 Å². The average molecular weight is 516 g/mol. The lowest BCUT2D eigenvalue weighted by Gasteiger charge is -2.41. The fourth-order valence-corrected chi connectivity index (χ4v) is 4.06. The Bertz CT molecular complexity index is 1390. The molecule has 5 atom stereocenters. The number of aromatic hydroxyl groups is 3. The van der Waals surface area contributed by atoms with Crippen LogP contribution in [0.3, 0.4) is 0 Å². The highest BCUT2D eigenvalue weighted by atomic mass is 16.7. The van der Waals surface area contributed by atoms with E-state index in [0.29, 0.717) is 0 Å². The van der Waals surface area contributed by atoms with Crippen molar-refractivity contribution >= 4 is 22.9 Å². The summed E-state index contributed by atoms with van der Waals surface area (Å²) < 4.78 is 27.8. The van der Waals surface area contributed by atoms with Crippen LogP contribution in [0.2, 0.25) is 0 Å². The quantitative estimate of drug-likeness (QED) is 0.362.